The summed E-state index contributed by atoms with van der Waals surface area (Å²) in [6, 6.07) is 4.59. The zero-order chi connectivity index (χ0) is 14.2. The van der Waals surface area contributed by atoms with E-state index in [1.165, 1.54) is 12.1 Å². The van der Waals surface area contributed by atoms with E-state index in [4.69, 9.17) is 4.74 Å². The first-order valence-corrected chi connectivity index (χ1v) is 7.31. The summed E-state index contributed by atoms with van der Waals surface area (Å²) in [4.78, 5) is 12.4. The summed E-state index contributed by atoms with van der Waals surface area (Å²) in [6.07, 6.45) is 0.295. The molecule has 2 rings (SSSR count). The van der Waals surface area contributed by atoms with E-state index in [1.807, 2.05) is 20.8 Å². The van der Waals surface area contributed by atoms with Crippen molar-refractivity contribution in [1.29, 1.82) is 0 Å². The minimum absolute atomic E-state index is 0.0606. The molecule has 1 fully saturated rings. The average molecular weight is 329 g/mol. The summed E-state index contributed by atoms with van der Waals surface area (Å²) in [5.41, 5.74) is 0.704. The molecule has 0 aromatic heterocycles. The zero-order valence-electron chi connectivity index (χ0n) is 11.3. The van der Waals surface area contributed by atoms with E-state index in [9.17, 15) is 9.18 Å². The van der Waals surface area contributed by atoms with E-state index >= 15 is 0 Å². The highest BCUT2D eigenvalue weighted by atomic mass is 79.9. The number of rotatable bonds is 3. The van der Waals surface area contributed by atoms with Crippen molar-refractivity contribution in [2.45, 2.75) is 39.4 Å². The quantitative estimate of drug-likeness (QED) is 0.844. The van der Waals surface area contributed by atoms with Gasteiger partial charge in [0.15, 0.2) is 0 Å². The highest BCUT2D eigenvalue weighted by molar-refractivity contribution is 9.10. The molecule has 4 heteroatoms. The minimum Gasteiger partial charge on any atom is -0.375 e. The van der Waals surface area contributed by atoms with Gasteiger partial charge in [0, 0.05) is 16.8 Å². The van der Waals surface area contributed by atoms with Crippen molar-refractivity contribution >= 4 is 21.7 Å². The van der Waals surface area contributed by atoms with E-state index in [1.54, 1.807) is 6.07 Å². The summed E-state index contributed by atoms with van der Waals surface area (Å²) < 4.78 is 19.7. The van der Waals surface area contributed by atoms with Crippen molar-refractivity contribution in [3.63, 3.8) is 0 Å². The van der Waals surface area contributed by atoms with Gasteiger partial charge in [-0.1, -0.05) is 22.9 Å². The third-order valence-electron chi connectivity index (χ3n) is 3.91. The van der Waals surface area contributed by atoms with Crippen LogP contribution in [-0.4, -0.2) is 18.0 Å². The molecule has 0 spiro atoms. The fraction of sp³-hybridized carbons (Fsp3) is 0.533. The van der Waals surface area contributed by atoms with Crippen LogP contribution < -0.4 is 0 Å². The second-order valence-corrected chi connectivity index (χ2v) is 6.27. The SMILES string of the molecule is CC1OC(C)C(C(=O)Cc2cc(F)cc(Br)c2)C1C. The Morgan fingerprint density at radius 3 is 2.47 bits per heavy atom. The fourth-order valence-electron chi connectivity index (χ4n) is 2.85. The summed E-state index contributed by atoms with van der Waals surface area (Å²) in [5.74, 6) is -0.0901. The molecule has 0 amide bonds. The number of Topliss-reactive ketones (excluding diaryl/α,β-unsaturated/α-hetero) is 1. The normalized spacial score (nSPS) is 30.6. The van der Waals surface area contributed by atoms with E-state index in [-0.39, 0.29) is 42.1 Å². The molecule has 1 aliphatic rings. The van der Waals surface area contributed by atoms with Gasteiger partial charge in [0.2, 0.25) is 0 Å². The predicted molar refractivity (Wildman–Crippen MR) is 75.5 cm³/mol. The van der Waals surface area contributed by atoms with Crippen LogP contribution in [0.1, 0.15) is 26.3 Å². The van der Waals surface area contributed by atoms with Gasteiger partial charge in [-0.15, -0.1) is 0 Å². The zero-order valence-corrected chi connectivity index (χ0v) is 12.9. The molecule has 0 saturated carbocycles. The van der Waals surface area contributed by atoms with Gasteiger partial charge in [-0.25, -0.2) is 4.39 Å². The molecule has 1 heterocycles. The molecule has 0 aliphatic carbocycles. The van der Waals surface area contributed by atoms with Crippen LogP contribution in [0.2, 0.25) is 0 Å². The first-order valence-electron chi connectivity index (χ1n) is 6.51. The molecule has 0 bridgehead atoms. The summed E-state index contributed by atoms with van der Waals surface area (Å²) in [5, 5.41) is 0. The topological polar surface area (TPSA) is 26.3 Å². The van der Waals surface area contributed by atoms with Gasteiger partial charge in [-0.2, -0.15) is 0 Å². The van der Waals surface area contributed by atoms with Gasteiger partial charge in [0.05, 0.1) is 12.2 Å². The monoisotopic (exact) mass is 328 g/mol. The number of carbonyl (C=O) groups is 1. The van der Waals surface area contributed by atoms with Crippen LogP contribution >= 0.6 is 15.9 Å². The standard InChI is InChI=1S/C15H18BrFO2/c1-8-9(2)19-10(3)15(8)14(18)6-11-4-12(16)7-13(17)5-11/h4-5,7-10,15H,6H2,1-3H3. The Balaban J connectivity index is 2.13. The Bertz CT molecular complexity index is 469. The number of hydrogen-bond acceptors (Lipinski definition) is 2. The molecular formula is C15H18BrFO2. The molecule has 104 valence electrons. The number of halogens is 2. The molecule has 1 aliphatic heterocycles. The number of ether oxygens (including phenoxy) is 1. The van der Waals surface area contributed by atoms with Crippen LogP contribution in [0.4, 0.5) is 4.39 Å². The largest absolute Gasteiger partial charge is 0.375 e. The average Bonchev–Trinajstić information content (AvgIpc) is 2.51. The number of carbonyl (C=O) groups excluding carboxylic acids is 1. The molecule has 2 nitrogen and oxygen atoms in total. The third kappa shape index (κ3) is 3.23. The Kier molecular flexibility index (Phi) is 4.41. The van der Waals surface area contributed by atoms with Crippen LogP contribution in [0, 0.1) is 17.7 Å². The molecule has 4 unspecified atom stereocenters. The number of benzene rings is 1. The molecule has 1 aromatic carbocycles. The molecule has 0 radical (unpaired) electrons. The Labute approximate surface area is 121 Å². The van der Waals surface area contributed by atoms with Crippen LogP contribution in [0.5, 0.6) is 0 Å². The van der Waals surface area contributed by atoms with E-state index < -0.39 is 0 Å². The lowest BCUT2D eigenvalue weighted by Crippen LogP contribution is -2.28. The lowest BCUT2D eigenvalue weighted by molar-refractivity contribution is -0.124. The maximum Gasteiger partial charge on any atom is 0.143 e. The summed E-state index contributed by atoms with van der Waals surface area (Å²) >= 11 is 3.24. The van der Waals surface area contributed by atoms with Crippen LogP contribution in [0.15, 0.2) is 22.7 Å². The van der Waals surface area contributed by atoms with Crippen molar-refractivity contribution < 1.29 is 13.9 Å². The Hall–Kier alpha value is -0.740. The van der Waals surface area contributed by atoms with Crippen molar-refractivity contribution in [3.8, 4) is 0 Å². The van der Waals surface area contributed by atoms with Crippen LogP contribution in [0.3, 0.4) is 0 Å². The van der Waals surface area contributed by atoms with Crippen molar-refractivity contribution in [3.05, 3.63) is 34.1 Å². The van der Waals surface area contributed by atoms with E-state index in [0.29, 0.717) is 10.0 Å². The van der Waals surface area contributed by atoms with Gasteiger partial charge in [-0.05, 0) is 43.5 Å². The molecule has 19 heavy (non-hydrogen) atoms. The number of ketones is 1. The first kappa shape index (κ1) is 14.7. The molecule has 4 atom stereocenters. The third-order valence-corrected chi connectivity index (χ3v) is 4.37. The van der Waals surface area contributed by atoms with Gasteiger partial charge >= 0.3 is 0 Å². The van der Waals surface area contributed by atoms with E-state index in [2.05, 4.69) is 15.9 Å². The molecule has 1 saturated heterocycles. The second kappa shape index (κ2) is 5.71. The maximum atomic E-state index is 13.3. The fourth-order valence-corrected chi connectivity index (χ4v) is 3.37. The van der Waals surface area contributed by atoms with Crippen molar-refractivity contribution in [2.24, 2.45) is 11.8 Å². The minimum atomic E-state index is -0.325. The Morgan fingerprint density at radius 1 is 1.26 bits per heavy atom. The predicted octanol–water partition coefficient (Wildman–Crippen LogP) is 3.76. The molecular weight excluding hydrogens is 311 g/mol. The lowest BCUT2D eigenvalue weighted by Gasteiger charge is -2.17. The summed E-state index contributed by atoms with van der Waals surface area (Å²) in [7, 11) is 0. The lowest BCUT2D eigenvalue weighted by atomic mass is 9.84. The van der Waals surface area contributed by atoms with Gasteiger partial charge in [-0.3, -0.25) is 4.79 Å². The number of hydrogen-bond donors (Lipinski definition) is 0. The van der Waals surface area contributed by atoms with Gasteiger partial charge in [0.25, 0.3) is 0 Å². The first-order chi connectivity index (χ1) is 8.88. The molecule has 0 N–H and O–H groups in total. The van der Waals surface area contributed by atoms with Gasteiger partial charge in [0.1, 0.15) is 11.6 Å². The maximum absolute atomic E-state index is 13.3. The van der Waals surface area contributed by atoms with Crippen LogP contribution in [-0.2, 0) is 16.0 Å². The molecule has 1 aromatic rings. The highest BCUT2D eigenvalue weighted by Crippen LogP contribution is 2.33. The Morgan fingerprint density at radius 2 is 1.95 bits per heavy atom. The van der Waals surface area contributed by atoms with Crippen LogP contribution in [0.25, 0.3) is 0 Å². The highest BCUT2D eigenvalue weighted by Gasteiger charge is 2.40. The van der Waals surface area contributed by atoms with Crippen molar-refractivity contribution in [2.75, 3.05) is 0 Å². The second-order valence-electron chi connectivity index (χ2n) is 5.35. The summed E-state index contributed by atoms with van der Waals surface area (Å²) in [6.45, 7) is 5.97. The smallest absolute Gasteiger partial charge is 0.143 e. The van der Waals surface area contributed by atoms with Crippen molar-refractivity contribution in [1.82, 2.24) is 0 Å². The van der Waals surface area contributed by atoms with E-state index in [0.717, 1.165) is 0 Å². The van der Waals surface area contributed by atoms with Gasteiger partial charge < -0.3 is 4.74 Å².